The summed E-state index contributed by atoms with van der Waals surface area (Å²) in [7, 11) is 0. The van der Waals surface area contributed by atoms with Gasteiger partial charge in [-0.15, -0.1) is 0 Å². The smallest absolute Gasteiger partial charge is 0.330 e. The van der Waals surface area contributed by atoms with Crippen LogP contribution in [0.4, 0.5) is 11.5 Å². The van der Waals surface area contributed by atoms with Crippen LogP contribution in [0.1, 0.15) is 29.7 Å². The minimum atomic E-state index is -0.626. The molecule has 0 saturated carbocycles. The average molecular weight is 484 g/mol. The number of rotatable bonds is 9. The third-order valence-corrected chi connectivity index (χ3v) is 6.00. The SMILES string of the molecule is CCN(CC(=O)NC(c1ccccc1)c1ccccc1)c1c(N)n(Cc2ccccc2)c(=O)[nH]c1=O. The molecular weight excluding hydrogens is 454 g/mol. The van der Waals surface area contributed by atoms with Crippen LogP contribution in [0.25, 0.3) is 0 Å². The van der Waals surface area contributed by atoms with E-state index < -0.39 is 11.2 Å². The Labute approximate surface area is 209 Å². The van der Waals surface area contributed by atoms with E-state index in [9.17, 15) is 14.4 Å². The van der Waals surface area contributed by atoms with Gasteiger partial charge in [0.25, 0.3) is 5.56 Å². The lowest BCUT2D eigenvalue weighted by molar-refractivity contribution is -0.120. The zero-order chi connectivity index (χ0) is 25.5. The first-order chi connectivity index (χ1) is 17.5. The number of aromatic amines is 1. The van der Waals surface area contributed by atoms with E-state index in [1.54, 1.807) is 4.90 Å². The second-order valence-electron chi connectivity index (χ2n) is 8.40. The van der Waals surface area contributed by atoms with E-state index in [-0.39, 0.29) is 36.5 Å². The summed E-state index contributed by atoms with van der Waals surface area (Å²) in [5.41, 5.74) is 7.95. The number of likely N-dealkylation sites (N-methyl/N-ethyl adjacent to an activating group) is 1. The normalized spacial score (nSPS) is 10.8. The zero-order valence-electron chi connectivity index (χ0n) is 20.1. The molecule has 0 aliphatic heterocycles. The molecule has 1 aromatic heterocycles. The van der Waals surface area contributed by atoms with Gasteiger partial charge < -0.3 is 16.0 Å². The summed E-state index contributed by atoms with van der Waals surface area (Å²) in [6.07, 6.45) is 0. The van der Waals surface area contributed by atoms with Crippen molar-refractivity contribution in [3.05, 3.63) is 129 Å². The molecule has 0 saturated heterocycles. The first-order valence-electron chi connectivity index (χ1n) is 11.8. The van der Waals surface area contributed by atoms with Crippen molar-refractivity contribution in [1.29, 1.82) is 0 Å². The number of benzene rings is 3. The highest BCUT2D eigenvalue weighted by atomic mass is 16.2. The first kappa shape index (κ1) is 24.5. The first-order valence-corrected chi connectivity index (χ1v) is 11.8. The number of aromatic nitrogens is 2. The molecule has 1 heterocycles. The van der Waals surface area contributed by atoms with Crippen molar-refractivity contribution in [2.75, 3.05) is 23.7 Å². The third kappa shape index (κ3) is 5.55. The molecule has 1 amide bonds. The predicted octanol–water partition coefficient (Wildman–Crippen LogP) is 2.90. The number of nitrogen functional groups attached to an aromatic ring is 1. The molecule has 0 unspecified atom stereocenters. The molecular formula is C28H29N5O3. The number of hydrogen-bond donors (Lipinski definition) is 3. The second-order valence-corrected chi connectivity index (χ2v) is 8.40. The molecule has 0 spiro atoms. The van der Waals surface area contributed by atoms with Gasteiger partial charge in [-0.1, -0.05) is 91.0 Å². The van der Waals surface area contributed by atoms with Crippen LogP contribution in [0.3, 0.4) is 0 Å². The fraction of sp³-hybridized carbons (Fsp3) is 0.179. The molecule has 184 valence electrons. The molecule has 8 nitrogen and oxygen atoms in total. The average Bonchev–Trinajstić information content (AvgIpc) is 2.90. The molecule has 4 rings (SSSR count). The van der Waals surface area contributed by atoms with Crippen molar-refractivity contribution in [1.82, 2.24) is 14.9 Å². The maximum atomic E-state index is 13.2. The Balaban J connectivity index is 1.61. The standard InChI is InChI=1S/C28H29N5O3/c1-2-32(25-26(29)33(28(36)31-27(25)35)18-20-12-6-3-7-13-20)19-23(34)30-24(21-14-8-4-9-15-21)22-16-10-5-11-17-22/h3-17,24H,2,18-19,29H2,1H3,(H,30,34)(H,31,35,36). The Morgan fingerprint density at radius 2 is 1.44 bits per heavy atom. The number of hydrogen-bond acceptors (Lipinski definition) is 5. The Bertz CT molecular complexity index is 1380. The van der Waals surface area contributed by atoms with Crippen LogP contribution in [-0.4, -0.2) is 28.5 Å². The summed E-state index contributed by atoms with van der Waals surface area (Å²) in [6.45, 7) is 2.25. The highest BCUT2D eigenvalue weighted by Crippen LogP contribution is 2.22. The molecule has 0 radical (unpaired) electrons. The fourth-order valence-electron chi connectivity index (χ4n) is 4.18. The molecule has 0 aliphatic rings. The predicted molar refractivity (Wildman–Crippen MR) is 142 cm³/mol. The molecule has 0 bridgehead atoms. The van der Waals surface area contributed by atoms with E-state index in [1.165, 1.54) is 4.57 Å². The topological polar surface area (TPSA) is 113 Å². The van der Waals surface area contributed by atoms with Gasteiger partial charge in [0.2, 0.25) is 5.91 Å². The van der Waals surface area contributed by atoms with Crippen LogP contribution < -0.4 is 27.2 Å². The van der Waals surface area contributed by atoms with Crippen LogP contribution in [0, 0.1) is 0 Å². The number of nitrogens with two attached hydrogens (primary N) is 1. The minimum Gasteiger partial charge on any atom is -0.383 e. The number of carbonyl (C=O) groups excluding carboxylic acids is 1. The van der Waals surface area contributed by atoms with Gasteiger partial charge in [0.05, 0.1) is 19.1 Å². The molecule has 4 aromatic rings. The van der Waals surface area contributed by atoms with Gasteiger partial charge in [0.15, 0.2) is 0 Å². The lowest BCUT2D eigenvalue weighted by atomic mass is 9.99. The van der Waals surface area contributed by atoms with E-state index in [1.807, 2.05) is 97.9 Å². The Kier molecular flexibility index (Phi) is 7.65. The van der Waals surface area contributed by atoms with E-state index in [2.05, 4.69) is 10.3 Å². The van der Waals surface area contributed by atoms with Gasteiger partial charge in [0.1, 0.15) is 11.5 Å². The van der Waals surface area contributed by atoms with Crippen LogP contribution in [0.2, 0.25) is 0 Å². The number of H-pyrrole nitrogens is 1. The quantitative estimate of drug-likeness (QED) is 0.339. The Hall–Kier alpha value is -4.59. The number of anilines is 2. The largest absolute Gasteiger partial charge is 0.383 e. The summed E-state index contributed by atoms with van der Waals surface area (Å²) in [5.74, 6) is -0.265. The highest BCUT2D eigenvalue weighted by molar-refractivity contribution is 5.83. The Morgan fingerprint density at radius 1 is 0.917 bits per heavy atom. The number of nitrogens with zero attached hydrogens (tertiary/aromatic N) is 2. The third-order valence-electron chi connectivity index (χ3n) is 6.00. The van der Waals surface area contributed by atoms with Crippen molar-refractivity contribution >= 4 is 17.4 Å². The maximum absolute atomic E-state index is 13.2. The summed E-state index contributed by atoms with van der Waals surface area (Å²) in [5, 5.41) is 3.09. The molecule has 36 heavy (non-hydrogen) atoms. The van der Waals surface area contributed by atoms with Crippen LogP contribution >= 0.6 is 0 Å². The maximum Gasteiger partial charge on any atom is 0.330 e. The van der Waals surface area contributed by atoms with Crippen molar-refractivity contribution in [2.24, 2.45) is 0 Å². The number of nitrogens with one attached hydrogen (secondary N) is 2. The molecule has 4 N–H and O–H groups in total. The molecule has 0 fully saturated rings. The Morgan fingerprint density at radius 3 is 1.97 bits per heavy atom. The fourth-order valence-corrected chi connectivity index (χ4v) is 4.18. The molecule has 8 heteroatoms. The van der Waals surface area contributed by atoms with E-state index in [0.717, 1.165) is 16.7 Å². The lowest BCUT2D eigenvalue weighted by Crippen LogP contribution is -2.43. The summed E-state index contributed by atoms with van der Waals surface area (Å²) in [4.78, 5) is 42.5. The van der Waals surface area contributed by atoms with Crippen molar-refractivity contribution in [3.8, 4) is 0 Å². The van der Waals surface area contributed by atoms with Crippen molar-refractivity contribution in [3.63, 3.8) is 0 Å². The van der Waals surface area contributed by atoms with Crippen LogP contribution in [-0.2, 0) is 11.3 Å². The summed E-state index contributed by atoms with van der Waals surface area (Å²) < 4.78 is 1.31. The van der Waals surface area contributed by atoms with E-state index >= 15 is 0 Å². The van der Waals surface area contributed by atoms with Crippen molar-refractivity contribution < 1.29 is 4.79 Å². The second kappa shape index (κ2) is 11.2. The van der Waals surface area contributed by atoms with Gasteiger partial charge in [-0.25, -0.2) is 4.79 Å². The van der Waals surface area contributed by atoms with Gasteiger partial charge >= 0.3 is 5.69 Å². The molecule has 0 aliphatic carbocycles. The zero-order valence-corrected chi connectivity index (χ0v) is 20.1. The summed E-state index contributed by atoms with van der Waals surface area (Å²) in [6, 6.07) is 28.3. The monoisotopic (exact) mass is 483 g/mol. The van der Waals surface area contributed by atoms with Crippen LogP contribution in [0.5, 0.6) is 0 Å². The van der Waals surface area contributed by atoms with Gasteiger partial charge in [0, 0.05) is 6.54 Å². The van der Waals surface area contributed by atoms with Gasteiger partial charge in [-0.2, -0.15) is 0 Å². The summed E-state index contributed by atoms with van der Waals surface area (Å²) >= 11 is 0. The lowest BCUT2D eigenvalue weighted by Gasteiger charge is -2.26. The van der Waals surface area contributed by atoms with E-state index in [0.29, 0.717) is 6.54 Å². The number of amides is 1. The molecule has 0 atom stereocenters. The minimum absolute atomic E-state index is 0.0184. The van der Waals surface area contributed by atoms with Crippen molar-refractivity contribution in [2.45, 2.75) is 19.5 Å². The highest BCUT2D eigenvalue weighted by Gasteiger charge is 2.22. The van der Waals surface area contributed by atoms with E-state index in [4.69, 9.17) is 5.73 Å². The van der Waals surface area contributed by atoms with Gasteiger partial charge in [-0.3, -0.25) is 19.1 Å². The molecule has 3 aromatic carbocycles. The number of carbonyl (C=O) groups is 1. The van der Waals surface area contributed by atoms with Gasteiger partial charge in [-0.05, 0) is 23.6 Å². The van der Waals surface area contributed by atoms with Crippen LogP contribution in [0.15, 0.2) is 101 Å².